The molecule has 2 aromatic rings. The SMILES string of the molecule is COc1nc(C)cc(C)c1CNC(=O)C1CNNC1n1cnnn1. The molecule has 10 heteroatoms. The minimum absolute atomic E-state index is 0.102. The van der Waals surface area contributed by atoms with Crippen molar-refractivity contribution in [3.8, 4) is 5.88 Å². The van der Waals surface area contributed by atoms with Gasteiger partial charge in [-0.05, 0) is 35.9 Å². The van der Waals surface area contributed by atoms with Crippen LogP contribution in [0.2, 0.25) is 0 Å². The number of carbonyl (C=O) groups is 1. The van der Waals surface area contributed by atoms with Crippen molar-refractivity contribution in [1.29, 1.82) is 0 Å². The van der Waals surface area contributed by atoms with Crippen LogP contribution in [0.5, 0.6) is 5.88 Å². The van der Waals surface area contributed by atoms with Gasteiger partial charge in [0, 0.05) is 24.3 Å². The number of hydrazine groups is 1. The first-order valence-corrected chi connectivity index (χ1v) is 7.60. The number of nitrogens with one attached hydrogen (secondary N) is 3. The van der Waals surface area contributed by atoms with Gasteiger partial charge < -0.3 is 10.1 Å². The van der Waals surface area contributed by atoms with Crippen LogP contribution >= 0.6 is 0 Å². The Morgan fingerprint density at radius 3 is 3.04 bits per heavy atom. The van der Waals surface area contributed by atoms with Crippen LogP contribution < -0.4 is 20.9 Å². The summed E-state index contributed by atoms with van der Waals surface area (Å²) in [6, 6.07) is 1.96. The molecule has 2 unspecified atom stereocenters. The summed E-state index contributed by atoms with van der Waals surface area (Å²) in [4.78, 5) is 16.9. The first-order chi connectivity index (χ1) is 11.6. The second-order valence-corrected chi connectivity index (χ2v) is 5.65. The summed E-state index contributed by atoms with van der Waals surface area (Å²) in [5, 5.41) is 14.0. The number of nitrogens with zero attached hydrogens (tertiary/aromatic N) is 5. The molecule has 0 radical (unpaired) electrons. The second-order valence-electron chi connectivity index (χ2n) is 5.65. The van der Waals surface area contributed by atoms with Crippen molar-refractivity contribution in [3.63, 3.8) is 0 Å². The van der Waals surface area contributed by atoms with E-state index in [1.807, 2.05) is 19.9 Å². The van der Waals surface area contributed by atoms with Gasteiger partial charge in [-0.15, -0.1) is 5.10 Å². The smallest absolute Gasteiger partial charge is 0.228 e. The van der Waals surface area contributed by atoms with Crippen LogP contribution in [0, 0.1) is 19.8 Å². The fraction of sp³-hybridized carbons (Fsp3) is 0.500. The van der Waals surface area contributed by atoms with Crippen LogP contribution in [0.4, 0.5) is 0 Å². The Balaban J connectivity index is 1.70. The largest absolute Gasteiger partial charge is 0.481 e. The molecule has 1 saturated heterocycles. The van der Waals surface area contributed by atoms with Gasteiger partial charge in [-0.1, -0.05) is 0 Å². The van der Waals surface area contributed by atoms with Crippen LogP contribution in [0.3, 0.4) is 0 Å². The number of methoxy groups -OCH3 is 1. The predicted octanol–water partition coefficient (Wildman–Crippen LogP) is -0.767. The highest BCUT2D eigenvalue weighted by molar-refractivity contribution is 5.79. The molecule has 10 nitrogen and oxygen atoms in total. The van der Waals surface area contributed by atoms with Gasteiger partial charge in [0.15, 0.2) is 0 Å². The van der Waals surface area contributed by atoms with Gasteiger partial charge in [0.05, 0.1) is 13.0 Å². The van der Waals surface area contributed by atoms with E-state index in [4.69, 9.17) is 4.74 Å². The number of amides is 1. The van der Waals surface area contributed by atoms with E-state index < -0.39 is 0 Å². The summed E-state index contributed by atoms with van der Waals surface area (Å²) in [5.74, 6) is 0.0979. The Bertz CT molecular complexity index is 718. The van der Waals surface area contributed by atoms with Crippen LogP contribution in [0.1, 0.15) is 23.0 Å². The molecule has 0 aliphatic carbocycles. The lowest BCUT2D eigenvalue weighted by Gasteiger charge is -2.18. The highest BCUT2D eigenvalue weighted by Gasteiger charge is 2.35. The Morgan fingerprint density at radius 2 is 2.33 bits per heavy atom. The number of aryl methyl sites for hydroxylation is 2. The number of hydrogen-bond acceptors (Lipinski definition) is 8. The molecular formula is C14H20N8O2. The average molecular weight is 332 g/mol. The first-order valence-electron chi connectivity index (χ1n) is 7.60. The Morgan fingerprint density at radius 1 is 1.50 bits per heavy atom. The van der Waals surface area contributed by atoms with Crippen molar-refractivity contribution in [2.75, 3.05) is 13.7 Å². The molecule has 1 aliphatic rings. The summed E-state index contributed by atoms with van der Waals surface area (Å²) in [5.41, 5.74) is 8.74. The summed E-state index contributed by atoms with van der Waals surface area (Å²) < 4.78 is 6.84. The van der Waals surface area contributed by atoms with E-state index in [-0.39, 0.29) is 18.0 Å². The van der Waals surface area contributed by atoms with E-state index in [1.54, 1.807) is 7.11 Å². The van der Waals surface area contributed by atoms with E-state index >= 15 is 0 Å². The number of ether oxygens (including phenoxy) is 1. The van der Waals surface area contributed by atoms with Gasteiger partial charge >= 0.3 is 0 Å². The molecule has 0 saturated carbocycles. The van der Waals surface area contributed by atoms with Gasteiger partial charge in [-0.25, -0.2) is 15.1 Å². The molecule has 1 amide bonds. The Labute approximate surface area is 139 Å². The van der Waals surface area contributed by atoms with Gasteiger partial charge in [-0.2, -0.15) is 0 Å². The maximum absolute atomic E-state index is 12.6. The van der Waals surface area contributed by atoms with Crippen molar-refractivity contribution in [1.82, 2.24) is 41.4 Å². The van der Waals surface area contributed by atoms with Crippen LogP contribution in [0.15, 0.2) is 12.4 Å². The lowest BCUT2D eigenvalue weighted by molar-refractivity contribution is -0.125. The molecular weight excluding hydrogens is 312 g/mol. The normalized spacial score (nSPS) is 20.1. The van der Waals surface area contributed by atoms with Crippen molar-refractivity contribution in [2.45, 2.75) is 26.6 Å². The Hall–Kier alpha value is -2.59. The molecule has 2 atom stereocenters. The van der Waals surface area contributed by atoms with Crippen molar-refractivity contribution in [2.24, 2.45) is 5.92 Å². The second kappa shape index (κ2) is 6.89. The Kier molecular flexibility index (Phi) is 4.67. The van der Waals surface area contributed by atoms with Gasteiger partial charge in [0.2, 0.25) is 11.8 Å². The fourth-order valence-electron chi connectivity index (χ4n) is 2.79. The lowest BCUT2D eigenvalue weighted by Crippen LogP contribution is -2.37. The first kappa shape index (κ1) is 16.3. The minimum Gasteiger partial charge on any atom is -0.481 e. The van der Waals surface area contributed by atoms with E-state index in [0.717, 1.165) is 16.8 Å². The number of rotatable bonds is 5. The molecule has 24 heavy (non-hydrogen) atoms. The molecule has 0 bridgehead atoms. The van der Waals surface area contributed by atoms with Crippen LogP contribution in [0.25, 0.3) is 0 Å². The summed E-state index contributed by atoms with van der Waals surface area (Å²) in [7, 11) is 1.57. The molecule has 3 heterocycles. The molecule has 3 rings (SSSR count). The topological polar surface area (TPSA) is 119 Å². The van der Waals surface area contributed by atoms with Crippen LogP contribution in [-0.4, -0.2) is 44.8 Å². The third kappa shape index (κ3) is 3.19. The molecule has 0 aromatic carbocycles. The van der Waals surface area contributed by atoms with E-state index in [9.17, 15) is 4.79 Å². The van der Waals surface area contributed by atoms with E-state index in [1.165, 1.54) is 11.0 Å². The van der Waals surface area contributed by atoms with Gasteiger partial charge in [0.1, 0.15) is 12.5 Å². The maximum atomic E-state index is 12.6. The molecule has 0 spiro atoms. The molecule has 128 valence electrons. The number of pyridine rings is 1. The standard InChI is InChI=1S/C14H20N8O2/c1-8-4-9(2)18-14(24-3)10(8)5-15-13(23)11-6-16-19-12(11)22-7-17-20-21-22/h4,7,11-12,16,19H,5-6H2,1-3H3,(H,15,23). The number of hydrogen-bond donors (Lipinski definition) is 3. The molecule has 2 aromatic heterocycles. The van der Waals surface area contributed by atoms with Crippen molar-refractivity contribution < 1.29 is 9.53 Å². The maximum Gasteiger partial charge on any atom is 0.228 e. The summed E-state index contributed by atoms with van der Waals surface area (Å²) >= 11 is 0. The van der Waals surface area contributed by atoms with Crippen LogP contribution in [-0.2, 0) is 11.3 Å². The zero-order chi connectivity index (χ0) is 17.1. The van der Waals surface area contributed by atoms with Crippen molar-refractivity contribution in [3.05, 3.63) is 29.2 Å². The zero-order valence-corrected chi connectivity index (χ0v) is 13.8. The molecule has 3 N–H and O–H groups in total. The average Bonchev–Trinajstić information content (AvgIpc) is 3.23. The highest BCUT2D eigenvalue weighted by Crippen LogP contribution is 2.21. The summed E-state index contributed by atoms with van der Waals surface area (Å²) in [6.07, 6.45) is 1.14. The monoisotopic (exact) mass is 332 g/mol. The minimum atomic E-state index is -0.335. The van der Waals surface area contributed by atoms with Gasteiger partial charge in [0.25, 0.3) is 0 Å². The lowest BCUT2D eigenvalue weighted by atomic mass is 10.1. The summed E-state index contributed by atoms with van der Waals surface area (Å²) in [6.45, 7) is 4.71. The van der Waals surface area contributed by atoms with E-state index in [2.05, 4.69) is 36.7 Å². The predicted molar refractivity (Wildman–Crippen MR) is 83.6 cm³/mol. The van der Waals surface area contributed by atoms with Crippen molar-refractivity contribution >= 4 is 5.91 Å². The molecule has 1 fully saturated rings. The highest BCUT2D eigenvalue weighted by atomic mass is 16.5. The third-order valence-corrected chi connectivity index (χ3v) is 4.01. The van der Waals surface area contributed by atoms with Gasteiger partial charge in [-0.3, -0.25) is 10.2 Å². The number of tetrazole rings is 1. The van der Waals surface area contributed by atoms with E-state index in [0.29, 0.717) is 19.0 Å². The quantitative estimate of drug-likeness (QED) is 0.653. The number of carbonyl (C=O) groups excluding carboxylic acids is 1. The molecule has 1 aliphatic heterocycles. The zero-order valence-electron chi connectivity index (χ0n) is 13.8. The fourth-order valence-corrected chi connectivity index (χ4v) is 2.79. The number of aromatic nitrogens is 5. The third-order valence-electron chi connectivity index (χ3n) is 4.01.